The SMILES string of the molecule is Cn1cc(CNCCCOCC2CCCO2)c(-c2ccc([N+](=O)[O-])cc2)n1. The molecule has 3 rings (SSSR count). The van der Waals surface area contributed by atoms with E-state index in [1.165, 1.54) is 12.1 Å². The average molecular weight is 374 g/mol. The van der Waals surface area contributed by atoms with Crippen molar-refractivity contribution in [3.05, 3.63) is 46.1 Å². The number of nitro groups is 1. The van der Waals surface area contributed by atoms with E-state index < -0.39 is 4.92 Å². The smallest absolute Gasteiger partial charge is 0.269 e. The molecule has 0 bridgehead atoms. The summed E-state index contributed by atoms with van der Waals surface area (Å²) in [6, 6.07) is 6.49. The van der Waals surface area contributed by atoms with Crippen molar-refractivity contribution in [3.8, 4) is 11.3 Å². The quantitative estimate of drug-likeness (QED) is 0.391. The van der Waals surface area contributed by atoms with E-state index in [1.807, 2.05) is 13.2 Å². The molecule has 27 heavy (non-hydrogen) atoms. The number of rotatable bonds is 10. The van der Waals surface area contributed by atoms with Crippen LogP contribution in [0.5, 0.6) is 0 Å². The molecule has 1 aliphatic heterocycles. The van der Waals surface area contributed by atoms with Gasteiger partial charge in [0, 0.05) is 56.3 Å². The summed E-state index contributed by atoms with van der Waals surface area (Å²) in [4.78, 5) is 10.4. The van der Waals surface area contributed by atoms with Crippen LogP contribution in [0.3, 0.4) is 0 Å². The van der Waals surface area contributed by atoms with Crippen molar-refractivity contribution in [3.63, 3.8) is 0 Å². The lowest BCUT2D eigenvalue weighted by atomic mass is 10.1. The number of nitrogens with zero attached hydrogens (tertiary/aromatic N) is 3. The number of benzene rings is 1. The van der Waals surface area contributed by atoms with Crippen molar-refractivity contribution in [2.45, 2.75) is 31.9 Å². The topological polar surface area (TPSA) is 91.5 Å². The number of ether oxygens (including phenoxy) is 2. The second-order valence-electron chi connectivity index (χ2n) is 6.72. The molecule has 0 radical (unpaired) electrons. The minimum atomic E-state index is -0.397. The molecular formula is C19H26N4O4. The van der Waals surface area contributed by atoms with E-state index in [1.54, 1.807) is 16.8 Å². The van der Waals surface area contributed by atoms with Crippen LogP contribution < -0.4 is 5.32 Å². The number of nitrogens with one attached hydrogen (secondary N) is 1. The normalized spacial score (nSPS) is 16.7. The Balaban J connectivity index is 1.44. The molecule has 2 heterocycles. The van der Waals surface area contributed by atoms with Crippen LogP contribution >= 0.6 is 0 Å². The first kappa shape index (κ1) is 19.5. The van der Waals surface area contributed by atoms with E-state index in [2.05, 4.69) is 10.4 Å². The minimum absolute atomic E-state index is 0.0809. The van der Waals surface area contributed by atoms with Crippen LogP contribution in [0.15, 0.2) is 30.5 Å². The Hall–Kier alpha value is -2.29. The van der Waals surface area contributed by atoms with E-state index in [9.17, 15) is 10.1 Å². The van der Waals surface area contributed by atoms with Crippen molar-refractivity contribution >= 4 is 5.69 Å². The monoisotopic (exact) mass is 374 g/mol. The lowest BCUT2D eigenvalue weighted by Gasteiger charge is -2.10. The molecule has 1 fully saturated rings. The minimum Gasteiger partial charge on any atom is -0.379 e. The lowest BCUT2D eigenvalue weighted by molar-refractivity contribution is -0.384. The Morgan fingerprint density at radius 3 is 2.93 bits per heavy atom. The lowest BCUT2D eigenvalue weighted by Crippen LogP contribution is -2.19. The molecule has 1 aliphatic rings. The molecule has 1 aromatic heterocycles. The highest BCUT2D eigenvalue weighted by Crippen LogP contribution is 2.24. The Bertz CT molecular complexity index is 739. The molecule has 1 atom stereocenters. The van der Waals surface area contributed by atoms with Gasteiger partial charge in [0.25, 0.3) is 5.69 Å². The molecule has 0 aliphatic carbocycles. The van der Waals surface area contributed by atoms with Gasteiger partial charge in [0.15, 0.2) is 0 Å². The highest BCUT2D eigenvalue weighted by atomic mass is 16.6. The zero-order valence-electron chi connectivity index (χ0n) is 15.6. The maximum absolute atomic E-state index is 10.8. The summed E-state index contributed by atoms with van der Waals surface area (Å²) < 4.78 is 13.0. The zero-order chi connectivity index (χ0) is 19.1. The fraction of sp³-hybridized carbons (Fsp3) is 0.526. The van der Waals surface area contributed by atoms with Gasteiger partial charge in [-0.15, -0.1) is 0 Å². The van der Waals surface area contributed by atoms with E-state index >= 15 is 0 Å². The molecule has 146 valence electrons. The molecule has 1 saturated heterocycles. The van der Waals surface area contributed by atoms with E-state index in [4.69, 9.17) is 9.47 Å². The van der Waals surface area contributed by atoms with E-state index in [0.717, 1.165) is 55.8 Å². The van der Waals surface area contributed by atoms with Gasteiger partial charge in [-0.2, -0.15) is 5.10 Å². The Morgan fingerprint density at radius 1 is 1.41 bits per heavy atom. The second kappa shape index (κ2) is 9.59. The predicted molar refractivity (Wildman–Crippen MR) is 101 cm³/mol. The molecule has 2 aromatic rings. The number of non-ortho nitro benzene ring substituents is 1. The van der Waals surface area contributed by atoms with Gasteiger partial charge in [-0.3, -0.25) is 14.8 Å². The maximum Gasteiger partial charge on any atom is 0.269 e. The molecular weight excluding hydrogens is 348 g/mol. The van der Waals surface area contributed by atoms with Gasteiger partial charge in [-0.25, -0.2) is 0 Å². The summed E-state index contributed by atoms with van der Waals surface area (Å²) in [5.41, 5.74) is 2.86. The third-order valence-corrected chi connectivity index (χ3v) is 4.54. The van der Waals surface area contributed by atoms with E-state index in [0.29, 0.717) is 13.2 Å². The third kappa shape index (κ3) is 5.59. The summed E-state index contributed by atoms with van der Waals surface area (Å²) in [5.74, 6) is 0. The molecule has 1 unspecified atom stereocenters. The predicted octanol–water partition coefficient (Wildman–Crippen LogP) is 2.67. The number of nitro benzene ring substituents is 1. The first-order valence-corrected chi connectivity index (χ1v) is 9.31. The van der Waals surface area contributed by atoms with E-state index in [-0.39, 0.29) is 11.8 Å². The van der Waals surface area contributed by atoms with Crippen LogP contribution in [0.25, 0.3) is 11.3 Å². The number of aromatic nitrogens is 2. The number of hydrogen-bond acceptors (Lipinski definition) is 6. The van der Waals surface area contributed by atoms with Gasteiger partial charge in [-0.05, 0) is 37.9 Å². The molecule has 0 saturated carbocycles. The van der Waals surface area contributed by atoms with Crippen molar-refractivity contribution in [1.82, 2.24) is 15.1 Å². The van der Waals surface area contributed by atoms with Gasteiger partial charge in [0.1, 0.15) is 0 Å². The molecule has 8 heteroatoms. The Labute approximate surface area is 158 Å². The molecule has 1 N–H and O–H groups in total. The average Bonchev–Trinajstić information content (AvgIpc) is 3.30. The van der Waals surface area contributed by atoms with Gasteiger partial charge >= 0.3 is 0 Å². The van der Waals surface area contributed by atoms with Crippen molar-refractivity contribution in [2.24, 2.45) is 7.05 Å². The Kier molecular flexibility index (Phi) is 6.92. The number of hydrogen-bond donors (Lipinski definition) is 1. The zero-order valence-corrected chi connectivity index (χ0v) is 15.6. The fourth-order valence-electron chi connectivity index (χ4n) is 3.16. The summed E-state index contributed by atoms with van der Waals surface area (Å²) >= 11 is 0. The molecule has 0 spiro atoms. The van der Waals surface area contributed by atoms with Gasteiger partial charge < -0.3 is 14.8 Å². The van der Waals surface area contributed by atoms with Crippen LogP contribution in [0.1, 0.15) is 24.8 Å². The van der Waals surface area contributed by atoms with Gasteiger partial charge in [0.2, 0.25) is 0 Å². The first-order chi connectivity index (χ1) is 13.1. The highest BCUT2D eigenvalue weighted by molar-refractivity contribution is 5.64. The van der Waals surface area contributed by atoms with Crippen LogP contribution in [0.2, 0.25) is 0 Å². The second-order valence-corrected chi connectivity index (χ2v) is 6.72. The summed E-state index contributed by atoms with van der Waals surface area (Å²) in [5, 5.41) is 18.7. The molecule has 0 amide bonds. The maximum atomic E-state index is 10.8. The summed E-state index contributed by atoms with van der Waals surface area (Å²) in [6.45, 7) is 3.80. The van der Waals surface area contributed by atoms with Crippen LogP contribution in [0.4, 0.5) is 5.69 Å². The molecule has 1 aromatic carbocycles. The summed E-state index contributed by atoms with van der Waals surface area (Å²) in [6.07, 6.45) is 5.41. The van der Waals surface area contributed by atoms with Crippen LogP contribution in [-0.2, 0) is 23.1 Å². The third-order valence-electron chi connectivity index (χ3n) is 4.54. The van der Waals surface area contributed by atoms with Crippen molar-refractivity contribution in [2.75, 3.05) is 26.4 Å². The first-order valence-electron chi connectivity index (χ1n) is 9.31. The van der Waals surface area contributed by atoms with Gasteiger partial charge in [0.05, 0.1) is 23.3 Å². The fourth-order valence-corrected chi connectivity index (χ4v) is 3.16. The summed E-state index contributed by atoms with van der Waals surface area (Å²) in [7, 11) is 1.87. The van der Waals surface area contributed by atoms with Crippen LogP contribution in [0, 0.1) is 10.1 Å². The standard InChI is InChI=1S/C19H26N4O4/c1-22-13-16(12-20-9-3-10-26-14-18-4-2-11-27-18)19(21-22)15-5-7-17(8-6-15)23(24)25/h5-8,13,18,20H,2-4,9-12,14H2,1H3. The largest absolute Gasteiger partial charge is 0.379 e. The molecule has 8 nitrogen and oxygen atoms in total. The van der Waals surface area contributed by atoms with Crippen molar-refractivity contribution < 1.29 is 14.4 Å². The highest BCUT2D eigenvalue weighted by Gasteiger charge is 2.15. The number of aryl methyl sites for hydroxylation is 1. The van der Waals surface area contributed by atoms with Crippen molar-refractivity contribution in [1.29, 1.82) is 0 Å². The van der Waals surface area contributed by atoms with Gasteiger partial charge in [-0.1, -0.05) is 0 Å². The Morgan fingerprint density at radius 2 is 2.22 bits per heavy atom. The van der Waals surface area contributed by atoms with Crippen LogP contribution in [-0.4, -0.2) is 47.2 Å².